The van der Waals surface area contributed by atoms with Crippen LogP contribution < -0.4 is 10.7 Å². The molecule has 1 aliphatic heterocycles. The standard InChI is InChI=1S/C23H22F2N4O2/c1-27-17-6-2-3-7-18(17)29-19-13-16(25)15(24)12-14(19)21(30)20(23(27)29)22(31)26-8-11-28-9-4-5-10-28/h2-3,6-7,12-13H,4-5,8-11H2,1H3,(H,26,31). The number of nitrogens with one attached hydrogen (secondary N) is 1. The fourth-order valence-corrected chi connectivity index (χ4v) is 4.60. The Morgan fingerprint density at radius 2 is 1.71 bits per heavy atom. The van der Waals surface area contributed by atoms with Crippen molar-refractivity contribution in [3.8, 4) is 0 Å². The number of carbonyl (C=O) groups excluding carboxylic acids is 1. The summed E-state index contributed by atoms with van der Waals surface area (Å²) in [4.78, 5) is 28.7. The van der Waals surface area contributed by atoms with E-state index < -0.39 is 23.0 Å². The van der Waals surface area contributed by atoms with Gasteiger partial charge in [-0.25, -0.2) is 8.78 Å². The van der Waals surface area contributed by atoms with E-state index in [0.717, 1.165) is 43.6 Å². The number of aromatic nitrogens is 2. The second-order valence-electron chi connectivity index (χ2n) is 8.00. The van der Waals surface area contributed by atoms with Crippen molar-refractivity contribution in [1.82, 2.24) is 19.2 Å². The predicted octanol–water partition coefficient (Wildman–Crippen LogP) is 3.05. The first-order valence-corrected chi connectivity index (χ1v) is 10.4. The highest BCUT2D eigenvalue weighted by Crippen LogP contribution is 2.27. The number of benzene rings is 2. The van der Waals surface area contributed by atoms with Crippen LogP contribution in [0.15, 0.2) is 41.2 Å². The van der Waals surface area contributed by atoms with Crippen molar-refractivity contribution in [3.63, 3.8) is 0 Å². The fraction of sp³-hybridized carbons (Fsp3) is 0.304. The Morgan fingerprint density at radius 1 is 1.03 bits per heavy atom. The monoisotopic (exact) mass is 424 g/mol. The van der Waals surface area contributed by atoms with Crippen molar-refractivity contribution in [2.45, 2.75) is 12.8 Å². The number of hydrogen-bond donors (Lipinski definition) is 1. The van der Waals surface area contributed by atoms with Crippen molar-refractivity contribution < 1.29 is 13.6 Å². The minimum atomic E-state index is -1.12. The highest BCUT2D eigenvalue weighted by Gasteiger charge is 2.24. The van der Waals surface area contributed by atoms with Gasteiger partial charge in [0.25, 0.3) is 5.91 Å². The van der Waals surface area contributed by atoms with Gasteiger partial charge in [-0.3, -0.25) is 14.0 Å². The number of hydrogen-bond acceptors (Lipinski definition) is 3. The molecule has 2 aromatic heterocycles. The zero-order valence-electron chi connectivity index (χ0n) is 17.1. The molecule has 3 heterocycles. The second kappa shape index (κ2) is 7.46. The van der Waals surface area contributed by atoms with Gasteiger partial charge in [-0.2, -0.15) is 0 Å². The van der Waals surface area contributed by atoms with E-state index in [0.29, 0.717) is 24.3 Å². The van der Waals surface area contributed by atoms with Crippen LogP contribution in [0.5, 0.6) is 0 Å². The molecule has 2 aromatic carbocycles. The third-order valence-electron chi connectivity index (χ3n) is 6.13. The largest absolute Gasteiger partial charge is 0.351 e. The fourth-order valence-electron chi connectivity index (χ4n) is 4.60. The summed E-state index contributed by atoms with van der Waals surface area (Å²) in [6.07, 6.45) is 2.30. The summed E-state index contributed by atoms with van der Waals surface area (Å²) >= 11 is 0. The van der Waals surface area contributed by atoms with E-state index >= 15 is 0 Å². The summed E-state index contributed by atoms with van der Waals surface area (Å²) in [5.41, 5.74) is 1.36. The lowest BCUT2D eigenvalue weighted by Crippen LogP contribution is -2.36. The Bertz CT molecular complexity index is 1400. The number of halogens is 2. The van der Waals surface area contributed by atoms with E-state index in [-0.39, 0.29) is 16.5 Å². The molecule has 1 aliphatic rings. The Morgan fingerprint density at radius 3 is 2.45 bits per heavy atom. The molecular formula is C23H22F2N4O2. The van der Waals surface area contributed by atoms with Gasteiger partial charge >= 0.3 is 0 Å². The van der Waals surface area contributed by atoms with Crippen LogP contribution in [0.25, 0.3) is 27.6 Å². The molecule has 1 saturated heterocycles. The van der Waals surface area contributed by atoms with Gasteiger partial charge in [-0.1, -0.05) is 12.1 Å². The molecule has 0 radical (unpaired) electrons. The minimum absolute atomic E-state index is 0.0301. The Kier molecular flexibility index (Phi) is 4.74. The van der Waals surface area contributed by atoms with E-state index in [1.165, 1.54) is 0 Å². The highest BCUT2D eigenvalue weighted by atomic mass is 19.2. The number of imidazole rings is 1. The Balaban J connectivity index is 1.72. The predicted molar refractivity (Wildman–Crippen MR) is 116 cm³/mol. The van der Waals surface area contributed by atoms with Gasteiger partial charge in [0, 0.05) is 26.2 Å². The summed E-state index contributed by atoms with van der Waals surface area (Å²) in [6.45, 7) is 3.13. The SMILES string of the molecule is Cn1c2ccccc2n2c3cc(F)c(F)cc3c(=O)c(C(=O)NCCN3CCCC3)c12. The van der Waals surface area contributed by atoms with Crippen LogP contribution in [0.2, 0.25) is 0 Å². The number of aryl methyl sites for hydroxylation is 1. The number of nitrogens with zero attached hydrogens (tertiary/aromatic N) is 3. The summed E-state index contributed by atoms with van der Waals surface area (Å²) < 4.78 is 31.5. The lowest BCUT2D eigenvalue weighted by molar-refractivity contribution is 0.0950. The molecule has 8 heteroatoms. The molecule has 6 nitrogen and oxygen atoms in total. The smallest absolute Gasteiger partial charge is 0.259 e. The molecule has 0 bridgehead atoms. The summed E-state index contributed by atoms with van der Waals surface area (Å²) in [6, 6.07) is 9.23. The maximum Gasteiger partial charge on any atom is 0.259 e. The first kappa shape index (κ1) is 19.7. The van der Waals surface area contributed by atoms with E-state index in [4.69, 9.17) is 0 Å². The molecule has 1 fully saturated rings. The summed E-state index contributed by atoms with van der Waals surface area (Å²) in [7, 11) is 1.75. The number of likely N-dealkylation sites (tertiary alicyclic amines) is 1. The number of carbonyl (C=O) groups is 1. The summed E-state index contributed by atoms with van der Waals surface area (Å²) in [5.74, 6) is -2.68. The molecule has 31 heavy (non-hydrogen) atoms. The van der Waals surface area contributed by atoms with Crippen LogP contribution in [-0.2, 0) is 7.05 Å². The van der Waals surface area contributed by atoms with E-state index in [2.05, 4.69) is 10.2 Å². The first-order valence-electron chi connectivity index (χ1n) is 10.4. The van der Waals surface area contributed by atoms with Gasteiger partial charge in [-0.05, 0) is 44.1 Å². The maximum atomic E-state index is 14.1. The van der Waals surface area contributed by atoms with Gasteiger partial charge in [0.15, 0.2) is 11.6 Å². The van der Waals surface area contributed by atoms with Crippen LogP contribution >= 0.6 is 0 Å². The average Bonchev–Trinajstić information content (AvgIpc) is 3.37. The molecule has 5 rings (SSSR count). The third-order valence-corrected chi connectivity index (χ3v) is 6.13. The number of pyridine rings is 1. The van der Waals surface area contributed by atoms with Gasteiger partial charge in [0.2, 0.25) is 5.43 Å². The van der Waals surface area contributed by atoms with Crippen LogP contribution in [0.3, 0.4) is 0 Å². The Hall–Kier alpha value is -3.26. The van der Waals surface area contributed by atoms with E-state index in [1.807, 2.05) is 24.3 Å². The average molecular weight is 424 g/mol. The van der Waals surface area contributed by atoms with Crippen LogP contribution in [-0.4, -0.2) is 46.0 Å². The van der Waals surface area contributed by atoms with Crippen molar-refractivity contribution in [3.05, 3.63) is 63.8 Å². The number of amides is 1. The molecule has 0 aliphatic carbocycles. The molecule has 0 saturated carbocycles. The molecule has 0 unspecified atom stereocenters. The minimum Gasteiger partial charge on any atom is -0.351 e. The molecule has 4 aromatic rings. The van der Waals surface area contributed by atoms with Gasteiger partial charge in [0.1, 0.15) is 11.2 Å². The molecule has 1 amide bonds. The van der Waals surface area contributed by atoms with E-state index in [9.17, 15) is 18.4 Å². The van der Waals surface area contributed by atoms with Gasteiger partial charge in [-0.15, -0.1) is 0 Å². The second-order valence-corrected chi connectivity index (χ2v) is 8.00. The number of fused-ring (bicyclic) bond motifs is 5. The lowest BCUT2D eigenvalue weighted by Gasteiger charge is -2.15. The molecule has 0 atom stereocenters. The van der Waals surface area contributed by atoms with Crippen molar-refractivity contribution in [2.24, 2.45) is 7.05 Å². The van der Waals surface area contributed by atoms with Crippen molar-refractivity contribution in [2.75, 3.05) is 26.2 Å². The molecule has 1 N–H and O–H groups in total. The Labute approximate surface area is 176 Å². The van der Waals surface area contributed by atoms with Crippen molar-refractivity contribution in [1.29, 1.82) is 0 Å². The van der Waals surface area contributed by atoms with Gasteiger partial charge in [0.05, 0.1) is 21.9 Å². The highest BCUT2D eigenvalue weighted by molar-refractivity contribution is 6.06. The number of para-hydroxylation sites is 2. The van der Waals surface area contributed by atoms with Crippen molar-refractivity contribution >= 4 is 33.5 Å². The van der Waals surface area contributed by atoms with Crippen LogP contribution in [0.1, 0.15) is 23.2 Å². The van der Waals surface area contributed by atoms with E-state index in [1.54, 1.807) is 16.0 Å². The lowest BCUT2D eigenvalue weighted by atomic mass is 10.1. The zero-order valence-corrected chi connectivity index (χ0v) is 17.1. The number of rotatable bonds is 4. The van der Waals surface area contributed by atoms with Gasteiger partial charge < -0.3 is 14.8 Å². The summed E-state index contributed by atoms with van der Waals surface area (Å²) in [5, 5.41) is 2.82. The zero-order chi connectivity index (χ0) is 21.7. The quantitative estimate of drug-likeness (QED) is 0.548. The van der Waals surface area contributed by atoms with Crippen LogP contribution in [0.4, 0.5) is 8.78 Å². The molecule has 0 spiro atoms. The molecular weight excluding hydrogens is 402 g/mol. The van der Waals surface area contributed by atoms with Crippen LogP contribution in [0, 0.1) is 11.6 Å². The maximum absolute atomic E-state index is 14.1. The third kappa shape index (κ3) is 3.09. The topological polar surface area (TPSA) is 58.8 Å². The normalized spacial score (nSPS) is 14.8. The molecule has 160 valence electrons. The first-order chi connectivity index (χ1) is 15.0.